The van der Waals surface area contributed by atoms with Gasteiger partial charge in [0.1, 0.15) is 22.6 Å². The molecule has 2 aliphatic heterocycles. The zero-order valence-corrected chi connectivity index (χ0v) is 25.0. The lowest BCUT2D eigenvalue weighted by molar-refractivity contribution is 0.224. The molecule has 236 valence electrons. The summed E-state index contributed by atoms with van der Waals surface area (Å²) in [5.41, 5.74) is 7.20. The number of furan rings is 2. The molecule has 6 aromatic heterocycles. The smallest absolute Gasteiger partial charge is 0.247 e. The third-order valence-electron chi connectivity index (χ3n) is 8.45. The van der Waals surface area contributed by atoms with Gasteiger partial charge < -0.3 is 13.7 Å². The third kappa shape index (κ3) is 4.80. The Bertz CT molecular complexity index is 2230. The molecule has 8 heterocycles. The molecule has 1 aromatic carbocycles. The fraction of sp³-hybridized carbons (Fsp3) is 0.200. The van der Waals surface area contributed by atoms with Gasteiger partial charge in [0.15, 0.2) is 22.8 Å². The van der Waals surface area contributed by atoms with E-state index in [-0.39, 0.29) is 35.3 Å². The Morgan fingerprint density at radius 2 is 1.40 bits per heavy atom. The average Bonchev–Trinajstić information content (AvgIpc) is 3.89. The highest BCUT2D eigenvalue weighted by Crippen LogP contribution is 2.36. The van der Waals surface area contributed by atoms with Crippen molar-refractivity contribution in [3.05, 3.63) is 89.5 Å². The summed E-state index contributed by atoms with van der Waals surface area (Å²) in [4.78, 5) is 22.8. The summed E-state index contributed by atoms with van der Waals surface area (Å²) >= 11 is 6.33. The topological polar surface area (TPSA) is 143 Å². The van der Waals surface area contributed by atoms with Crippen molar-refractivity contribution in [3.8, 4) is 23.2 Å². The molecule has 2 N–H and O–H groups in total. The number of anilines is 3. The van der Waals surface area contributed by atoms with Crippen LogP contribution in [0.25, 0.3) is 34.5 Å². The molecule has 2 bridgehead atoms. The number of likely N-dealkylation sites (tertiary alicyclic amines) is 1. The van der Waals surface area contributed by atoms with E-state index in [1.807, 2.05) is 6.07 Å². The minimum absolute atomic E-state index is 0.0856. The van der Waals surface area contributed by atoms with E-state index in [2.05, 4.69) is 40.8 Å². The Hall–Kier alpha value is -5.61. The van der Waals surface area contributed by atoms with Crippen molar-refractivity contribution in [3.63, 3.8) is 0 Å². The Balaban J connectivity index is 1.03. The van der Waals surface area contributed by atoms with Gasteiger partial charge in [0.25, 0.3) is 0 Å². The molecule has 7 aromatic rings. The fourth-order valence-corrected chi connectivity index (χ4v) is 6.47. The second-order valence-electron chi connectivity index (χ2n) is 11.3. The van der Waals surface area contributed by atoms with Crippen LogP contribution in [0.2, 0.25) is 5.15 Å². The van der Waals surface area contributed by atoms with Crippen LogP contribution in [0.4, 0.5) is 26.5 Å². The molecule has 0 saturated carbocycles. The normalized spacial score (nSPS) is 17.8. The van der Waals surface area contributed by atoms with E-state index in [9.17, 15) is 8.78 Å². The summed E-state index contributed by atoms with van der Waals surface area (Å²) in [5.74, 6) is 1.86. The van der Waals surface area contributed by atoms with Crippen molar-refractivity contribution in [1.82, 2.24) is 44.1 Å². The van der Waals surface area contributed by atoms with Crippen LogP contribution in [-0.2, 0) is 6.54 Å². The van der Waals surface area contributed by atoms with Gasteiger partial charge in [0.05, 0.1) is 12.5 Å². The van der Waals surface area contributed by atoms with Crippen molar-refractivity contribution in [2.75, 3.05) is 28.8 Å². The number of aromatic nitrogens is 8. The van der Waals surface area contributed by atoms with Crippen molar-refractivity contribution in [1.29, 1.82) is 0 Å². The van der Waals surface area contributed by atoms with Crippen LogP contribution in [-0.4, -0.2) is 69.2 Å². The van der Waals surface area contributed by atoms with Gasteiger partial charge in [-0.1, -0.05) is 17.7 Å². The van der Waals surface area contributed by atoms with Crippen molar-refractivity contribution in [2.24, 2.45) is 0 Å². The predicted octanol–water partition coefficient (Wildman–Crippen LogP) is 4.92. The molecule has 2 fully saturated rings. The average molecular weight is 657 g/mol. The van der Waals surface area contributed by atoms with Gasteiger partial charge in [-0.25, -0.2) is 18.7 Å². The standard InChI is InChI=1S/C30H23ClF2N12O2/c31-23-11-25-35-27(21-6-2-8-46-21)40-44(25)29(34-23)38-39-30-37-24(12-26-36-28(41-45(26)30)22-7-3-9-47-22)43-14-16-10-17(43)13-42(16)15-18-19(32)4-1-5-20(18)33/h1-9,11-12,16-17H,10,13-15H2,(H,34,38)(H,37,39). The molecule has 47 heavy (non-hydrogen) atoms. The molecule has 0 amide bonds. The molecule has 9 rings (SSSR count). The second-order valence-corrected chi connectivity index (χ2v) is 11.7. The molecule has 14 nitrogen and oxygen atoms in total. The van der Waals surface area contributed by atoms with Crippen molar-refractivity contribution in [2.45, 2.75) is 25.0 Å². The molecule has 2 atom stereocenters. The lowest BCUT2D eigenvalue weighted by Crippen LogP contribution is -2.46. The van der Waals surface area contributed by atoms with Crippen molar-refractivity contribution < 1.29 is 17.6 Å². The first kappa shape index (κ1) is 27.7. The zero-order chi connectivity index (χ0) is 31.6. The number of hydrazine groups is 1. The zero-order valence-electron chi connectivity index (χ0n) is 24.3. The van der Waals surface area contributed by atoms with Gasteiger partial charge in [0, 0.05) is 49.4 Å². The summed E-state index contributed by atoms with van der Waals surface area (Å²) < 4.78 is 42.8. The summed E-state index contributed by atoms with van der Waals surface area (Å²) in [6, 6.07) is 14.6. The Morgan fingerprint density at radius 1 is 0.766 bits per heavy atom. The molecule has 0 spiro atoms. The number of nitrogens with one attached hydrogen (secondary N) is 2. The monoisotopic (exact) mass is 656 g/mol. The van der Waals surface area contributed by atoms with Gasteiger partial charge in [-0.05, 0) is 42.8 Å². The van der Waals surface area contributed by atoms with E-state index >= 15 is 0 Å². The van der Waals surface area contributed by atoms with E-state index in [0.29, 0.717) is 59.3 Å². The van der Waals surface area contributed by atoms with E-state index in [1.165, 1.54) is 22.7 Å². The summed E-state index contributed by atoms with van der Waals surface area (Å²) in [6.07, 6.45) is 3.93. The van der Waals surface area contributed by atoms with Gasteiger partial charge in [0.2, 0.25) is 23.5 Å². The molecule has 2 saturated heterocycles. The van der Waals surface area contributed by atoms with Gasteiger partial charge in [-0.2, -0.15) is 19.0 Å². The number of fused-ring (bicyclic) bond motifs is 4. The molecule has 0 radical (unpaired) electrons. The van der Waals surface area contributed by atoms with Crippen LogP contribution in [0.5, 0.6) is 0 Å². The highest BCUT2D eigenvalue weighted by molar-refractivity contribution is 6.29. The Morgan fingerprint density at radius 3 is 2.00 bits per heavy atom. The maximum absolute atomic E-state index is 14.4. The Labute approximate surface area is 268 Å². The van der Waals surface area contributed by atoms with E-state index < -0.39 is 11.6 Å². The number of hydrogen-bond donors (Lipinski definition) is 2. The predicted molar refractivity (Wildman–Crippen MR) is 166 cm³/mol. The summed E-state index contributed by atoms with van der Waals surface area (Å²) in [7, 11) is 0. The first-order chi connectivity index (χ1) is 23.0. The lowest BCUT2D eigenvalue weighted by atomic mass is 10.1. The fourth-order valence-electron chi connectivity index (χ4n) is 6.29. The van der Waals surface area contributed by atoms with Crippen LogP contribution < -0.4 is 15.8 Å². The van der Waals surface area contributed by atoms with Crippen LogP contribution in [0.3, 0.4) is 0 Å². The summed E-state index contributed by atoms with van der Waals surface area (Å²) in [5, 5.41) is 9.35. The second kappa shape index (κ2) is 10.7. The molecule has 2 aliphatic rings. The molecule has 17 heteroatoms. The molecule has 0 aliphatic carbocycles. The van der Waals surface area contributed by atoms with E-state index in [4.69, 9.17) is 30.4 Å². The van der Waals surface area contributed by atoms with Crippen LogP contribution in [0.1, 0.15) is 12.0 Å². The summed E-state index contributed by atoms with van der Waals surface area (Å²) in [6.45, 7) is 1.46. The minimum atomic E-state index is -0.534. The number of rotatable bonds is 8. The maximum Gasteiger partial charge on any atom is 0.247 e. The quantitative estimate of drug-likeness (QED) is 0.169. The molecular formula is C30H23ClF2N12O2. The number of nitrogens with zero attached hydrogens (tertiary/aromatic N) is 10. The first-order valence-electron chi connectivity index (χ1n) is 14.7. The highest BCUT2D eigenvalue weighted by Gasteiger charge is 2.44. The van der Waals surface area contributed by atoms with Crippen LogP contribution in [0.15, 0.2) is 76.0 Å². The number of piperazine rings is 1. The Kier molecular flexibility index (Phi) is 6.32. The van der Waals surface area contributed by atoms with Crippen LogP contribution >= 0.6 is 11.6 Å². The largest absolute Gasteiger partial charge is 0.461 e. The lowest BCUT2D eigenvalue weighted by Gasteiger charge is -2.35. The first-order valence-corrected chi connectivity index (χ1v) is 15.1. The van der Waals surface area contributed by atoms with Crippen LogP contribution in [0, 0.1) is 11.6 Å². The van der Waals surface area contributed by atoms with Gasteiger partial charge in [-0.3, -0.25) is 15.8 Å². The number of benzene rings is 1. The number of hydrogen-bond acceptors (Lipinski definition) is 12. The SMILES string of the molecule is Fc1cccc(F)c1CN1CC2CC1CN2c1cc2nc(-c3ccco3)nn2c(NNc2nc(Cl)cc3nc(-c4ccco4)nn23)n1. The minimum Gasteiger partial charge on any atom is -0.461 e. The van der Waals surface area contributed by atoms with E-state index in [0.717, 1.165) is 6.42 Å². The maximum atomic E-state index is 14.4. The van der Waals surface area contributed by atoms with Gasteiger partial charge >= 0.3 is 0 Å². The number of halogens is 3. The van der Waals surface area contributed by atoms with Gasteiger partial charge in [-0.15, -0.1) is 10.2 Å². The molecular weight excluding hydrogens is 634 g/mol. The van der Waals surface area contributed by atoms with Crippen molar-refractivity contribution >= 4 is 40.6 Å². The third-order valence-corrected chi connectivity index (χ3v) is 8.64. The van der Waals surface area contributed by atoms with E-state index in [1.54, 1.807) is 47.4 Å². The molecule has 2 unspecified atom stereocenters. The highest BCUT2D eigenvalue weighted by atomic mass is 35.5.